The van der Waals surface area contributed by atoms with Gasteiger partial charge in [0.1, 0.15) is 6.61 Å². The van der Waals surface area contributed by atoms with Crippen LogP contribution in [0.2, 0.25) is 0 Å². The molecule has 0 aliphatic carbocycles. The van der Waals surface area contributed by atoms with Gasteiger partial charge in [0, 0.05) is 44.7 Å². The Labute approximate surface area is 149 Å². The predicted molar refractivity (Wildman–Crippen MR) is 91.6 cm³/mol. The highest BCUT2D eigenvalue weighted by molar-refractivity contribution is 5.84. The molecule has 7 nitrogen and oxygen atoms in total. The van der Waals surface area contributed by atoms with E-state index in [-0.39, 0.29) is 42.2 Å². The van der Waals surface area contributed by atoms with E-state index in [9.17, 15) is 14.4 Å². The van der Waals surface area contributed by atoms with Gasteiger partial charge in [-0.25, -0.2) is 0 Å². The largest absolute Gasteiger partial charge is 0.372 e. The molecule has 3 rings (SSSR count). The zero-order valence-corrected chi connectivity index (χ0v) is 15.0. The highest BCUT2D eigenvalue weighted by atomic mass is 16.5. The predicted octanol–water partition coefficient (Wildman–Crippen LogP) is 0.389. The van der Waals surface area contributed by atoms with Crippen molar-refractivity contribution in [2.45, 2.75) is 45.1 Å². The van der Waals surface area contributed by atoms with Crippen LogP contribution < -0.4 is 5.32 Å². The third-order valence-corrected chi connectivity index (χ3v) is 5.64. The van der Waals surface area contributed by atoms with Crippen LogP contribution in [-0.4, -0.2) is 73.0 Å². The fourth-order valence-electron chi connectivity index (χ4n) is 4.15. The number of carbonyl (C=O) groups is 3. The van der Waals surface area contributed by atoms with Crippen molar-refractivity contribution in [3.05, 3.63) is 0 Å². The van der Waals surface area contributed by atoms with Gasteiger partial charge < -0.3 is 19.9 Å². The van der Waals surface area contributed by atoms with Gasteiger partial charge in [0.2, 0.25) is 17.7 Å². The first-order valence-electron chi connectivity index (χ1n) is 9.53. The molecule has 0 saturated carbocycles. The number of nitrogens with zero attached hydrogens (tertiary/aromatic N) is 2. The maximum atomic E-state index is 13.0. The molecule has 3 fully saturated rings. The van der Waals surface area contributed by atoms with Gasteiger partial charge in [-0.1, -0.05) is 6.42 Å². The lowest BCUT2D eigenvalue weighted by Crippen LogP contribution is -2.48. The molecular formula is C18H29N3O4. The SMILES string of the molecule is CCOCC(=O)N1CCC(C(=O)N2C[C@@H]3CCC[C@H](C2)C(=O)N3)CC1. The lowest BCUT2D eigenvalue weighted by Gasteiger charge is -2.35. The second-order valence-corrected chi connectivity index (χ2v) is 7.37. The van der Waals surface area contributed by atoms with E-state index in [0.717, 1.165) is 19.3 Å². The second kappa shape index (κ2) is 8.17. The summed E-state index contributed by atoms with van der Waals surface area (Å²) in [5.74, 6) is 0.167. The highest BCUT2D eigenvalue weighted by Crippen LogP contribution is 2.26. The van der Waals surface area contributed by atoms with Gasteiger partial charge in [0.25, 0.3) is 0 Å². The van der Waals surface area contributed by atoms with Crippen LogP contribution in [0.1, 0.15) is 39.0 Å². The summed E-state index contributed by atoms with van der Waals surface area (Å²) in [4.78, 5) is 40.8. The monoisotopic (exact) mass is 351 g/mol. The van der Waals surface area contributed by atoms with Crippen LogP contribution in [0.5, 0.6) is 0 Å². The number of rotatable bonds is 4. The van der Waals surface area contributed by atoms with Crippen molar-refractivity contribution < 1.29 is 19.1 Å². The molecule has 3 saturated heterocycles. The van der Waals surface area contributed by atoms with Crippen molar-refractivity contribution in [2.24, 2.45) is 11.8 Å². The zero-order chi connectivity index (χ0) is 17.8. The third-order valence-electron chi connectivity index (χ3n) is 5.64. The van der Waals surface area contributed by atoms with E-state index in [0.29, 0.717) is 45.6 Å². The minimum atomic E-state index is -0.0655. The van der Waals surface area contributed by atoms with Crippen molar-refractivity contribution in [2.75, 3.05) is 39.4 Å². The molecule has 3 heterocycles. The van der Waals surface area contributed by atoms with E-state index in [1.165, 1.54) is 0 Å². The van der Waals surface area contributed by atoms with Crippen LogP contribution in [-0.2, 0) is 19.1 Å². The minimum Gasteiger partial charge on any atom is -0.372 e. The number of carbonyl (C=O) groups excluding carboxylic acids is 3. The number of nitrogens with one attached hydrogen (secondary N) is 1. The van der Waals surface area contributed by atoms with Crippen LogP contribution >= 0.6 is 0 Å². The number of amides is 3. The van der Waals surface area contributed by atoms with Gasteiger partial charge in [0.05, 0.1) is 5.92 Å². The average Bonchev–Trinajstić information content (AvgIpc) is 2.87. The van der Waals surface area contributed by atoms with Crippen LogP contribution in [0.25, 0.3) is 0 Å². The summed E-state index contributed by atoms with van der Waals surface area (Å²) in [5.41, 5.74) is 0. The Morgan fingerprint density at radius 3 is 2.60 bits per heavy atom. The molecule has 2 atom stereocenters. The van der Waals surface area contributed by atoms with Crippen molar-refractivity contribution in [3.8, 4) is 0 Å². The van der Waals surface area contributed by atoms with Crippen LogP contribution in [0.15, 0.2) is 0 Å². The first-order valence-corrected chi connectivity index (χ1v) is 9.53. The molecule has 7 heteroatoms. The Balaban J connectivity index is 1.54. The van der Waals surface area contributed by atoms with E-state index >= 15 is 0 Å². The maximum absolute atomic E-state index is 13.0. The first kappa shape index (κ1) is 18.2. The van der Waals surface area contributed by atoms with Crippen molar-refractivity contribution in [1.29, 1.82) is 0 Å². The van der Waals surface area contributed by atoms with E-state index in [4.69, 9.17) is 4.74 Å². The lowest BCUT2D eigenvalue weighted by molar-refractivity contribution is -0.143. The fraction of sp³-hybridized carbons (Fsp3) is 0.833. The summed E-state index contributed by atoms with van der Waals surface area (Å²) < 4.78 is 5.18. The van der Waals surface area contributed by atoms with Crippen LogP contribution in [0, 0.1) is 11.8 Å². The molecule has 2 bridgehead atoms. The third kappa shape index (κ3) is 4.32. The molecule has 0 unspecified atom stereocenters. The maximum Gasteiger partial charge on any atom is 0.248 e. The van der Waals surface area contributed by atoms with Crippen molar-refractivity contribution in [1.82, 2.24) is 15.1 Å². The first-order chi connectivity index (χ1) is 12.1. The van der Waals surface area contributed by atoms with Gasteiger partial charge in [-0.15, -0.1) is 0 Å². The summed E-state index contributed by atoms with van der Waals surface area (Å²) >= 11 is 0. The van der Waals surface area contributed by atoms with Crippen molar-refractivity contribution in [3.63, 3.8) is 0 Å². The molecule has 3 amide bonds. The minimum absolute atomic E-state index is 0.00634. The molecule has 0 radical (unpaired) electrons. The topological polar surface area (TPSA) is 79.0 Å². The Morgan fingerprint density at radius 2 is 1.88 bits per heavy atom. The highest BCUT2D eigenvalue weighted by Gasteiger charge is 2.37. The molecule has 0 aromatic heterocycles. The summed E-state index contributed by atoms with van der Waals surface area (Å²) in [6.07, 6.45) is 4.27. The van der Waals surface area contributed by atoms with E-state index < -0.39 is 0 Å². The number of fused-ring (bicyclic) bond motifs is 3. The number of hydrogen-bond acceptors (Lipinski definition) is 4. The summed E-state index contributed by atoms with van der Waals surface area (Å²) in [5, 5.41) is 3.07. The van der Waals surface area contributed by atoms with E-state index in [1.807, 2.05) is 11.8 Å². The number of hydrogen-bond donors (Lipinski definition) is 1. The quantitative estimate of drug-likeness (QED) is 0.795. The fourth-order valence-corrected chi connectivity index (χ4v) is 4.15. The Bertz CT molecular complexity index is 516. The molecule has 140 valence electrons. The van der Waals surface area contributed by atoms with Gasteiger partial charge in [-0.3, -0.25) is 14.4 Å². The molecule has 0 aromatic rings. The normalized spacial score (nSPS) is 27.6. The van der Waals surface area contributed by atoms with E-state index in [1.54, 1.807) is 4.90 Å². The molecular weight excluding hydrogens is 322 g/mol. The standard InChI is InChI=1S/C18H29N3O4/c1-2-25-12-16(22)20-8-6-13(7-9-20)18(24)21-10-14-4-3-5-15(11-21)19-17(14)23/h13-15H,2-12H2,1H3,(H,19,23)/t14-,15+/m1/s1. The number of ether oxygens (including phenoxy) is 1. The van der Waals surface area contributed by atoms with Gasteiger partial charge in [0.15, 0.2) is 0 Å². The Kier molecular flexibility index (Phi) is 5.93. The molecule has 0 spiro atoms. The van der Waals surface area contributed by atoms with Gasteiger partial charge in [-0.2, -0.15) is 0 Å². The summed E-state index contributed by atoms with van der Waals surface area (Å²) in [7, 11) is 0. The molecule has 3 aliphatic heterocycles. The van der Waals surface area contributed by atoms with Gasteiger partial charge in [-0.05, 0) is 32.6 Å². The van der Waals surface area contributed by atoms with Crippen molar-refractivity contribution >= 4 is 17.7 Å². The molecule has 3 aliphatic rings. The van der Waals surface area contributed by atoms with E-state index in [2.05, 4.69) is 5.32 Å². The molecule has 25 heavy (non-hydrogen) atoms. The smallest absolute Gasteiger partial charge is 0.248 e. The molecule has 1 N–H and O–H groups in total. The average molecular weight is 351 g/mol. The zero-order valence-electron chi connectivity index (χ0n) is 15.0. The number of piperidine rings is 1. The summed E-state index contributed by atoms with van der Waals surface area (Å²) in [6, 6.07) is 0.0943. The van der Waals surface area contributed by atoms with Crippen LogP contribution in [0.4, 0.5) is 0 Å². The summed E-state index contributed by atoms with van der Waals surface area (Å²) in [6.45, 7) is 4.92. The lowest BCUT2D eigenvalue weighted by atomic mass is 9.93. The Hall–Kier alpha value is -1.63. The van der Waals surface area contributed by atoms with Crippen LogP contribution in [0.3, 0.4) is 0 Å². The molecule has 0 aromatic carbocycles. The second-order valence-electron chi connectivity index (χ2n) is 7.37. The number of likely N-dealkylation sites (tertiary alicyclic amines) is 2. The Morgan fingerprint density at radius 1 is 1.12 bits per heavy atom. The van der Waals surface area contributed by atoms with Gasteiger partial charge >= 0.3 is 0 Å².